The molecule has 33 heavy (non-hydrogen) atoms. The molecule has 5 aromatic rings. The Hall–Kier alpha value is -4.49. The van der Waals surface area contributed by atoms with Crippen LogP contribution in [0.25, 0.3) is 45.2 Å². The van der Waals surface area contributed by atoms with Gasteiger partial charge in [-0.25, -0.2) is 4.98 Å². The van der Waals surface area contributed by atoms with Crippen LogP contribution < -0.4 is 0 Å². The van der Waals surface area contributed by atoms with Crippen molar-refractivity contribution >= 4 is 17.0 Å². The van der Waals surface area contributed by atoms with Crippen LogP contribution in [-0.4, -0.2) is 19.5 Å². The normalized spacial score (nSPS) is 11.2. The maximum absolute atomic E-state index is 6.00. The van der Waals surface area contributed by atoms with E-state index in [9.17, 15) is 0 Å². The monoisotopic (exact) mass is 426 g/mol. The number of hydrogen-bond acceptors (Lipinski definition) is 3. The topological polar surface area (TPSA) is 43.6 Å². The third-order valence-corrected chi connectivity index (χ3v) is 5.66. The Kier molecular flexibility index (Phi) is 5.30. The first-order valence-electron chi connectivity index (χ1n) is 10.8. The van der Waals surface area contributed by atoms with E-state index in [1.807, 2.05) is 37.3 Å². The molecule has 0 N–H and O–H groups in total. The van der Waals surface area contributed by atoms with Gasteiger partial charge in [0.2, 0.25) is 0 Å². The highest BCUT2D eigenvalue weighted by molar-refractivity contribution is 5.93. The lowest BCUT2D eigenvalue weighted by Crippen LogP contribution is -2.02. The molecule has 4 aromatic heterocycles. The van der Waals surface area contributed by atoms with Gasteiger partial charge in [0.25, 0.3) is 0 Å². The summed E-state index contributed by atoms with van der Waals surface area (Å²) in [7, 11) is 0. The third kappa shape index (κ3) is 3.71. The summed E-state index contributed by atoms with van der Waals surface area (Å²) >= 11 is 0. The maximum atomic E-state index is 6.00. The summed E-state index contributed by atoms with van der Waals surface area (Å²) in [4.78, 5) is 13.4. The van der Waals surface area contributed by atoms with Crippen molar-refractivity contribution in [3.05, 3.63) is 102 Å². The molecular weight excluding hydrogens is 404 g/mol. The summed E-state index contributed by atoms with van der Waals surface area (Å²) < 4.78 is 2.15. The molecule has 0 fully saturated rings. The predicted octanol–water partition coefficient (Wildman–Crippen LogP) is 6.47. The molecule has 0 amide bonds. The summed E-state index contributed by atoms with van der Waals surface area (Å²) in [6.07, 6.45) is 17.2. The van der Waals surface area contributed by atoms with E-state index in [2.05, 4.69) is 63.8 Å². The van der Waals surface area contributed by atoms with Crippen LogP contribution >= 0.6 is 0 Å². The molecule has 0 saturated heterocycles. The molecule has 0 unspecified atom stereocenters. The van der Waals surface area contributed by atoms with Crippen LogP contribution in [0.15, 0.2) is 85.5 Å². The number of rotatable bonds is 4. The van der Waals surface area contributed by atoms with E-state index in [0.717, 1.165) is 50.4 Å². The molecule has 4 heteroatoms. The zero-order valence-electron chi connectivity index (χ0n) is 18.5. The third-order valence-electron chi connectivity index (χ3n) is 5.66. The number of hydrogen-bond donors (Lipinski definition) is 0. The minimum atomic E-state index is 0.805. The maximum Gasteiger partial charge on any atom is 0.138 e. The summed E-state index contributed by atoms with van der Waals surface area (Å²) in [5, 5.41) is 1.05. The van der Waals surface area contributed by atoms with E-state index in [4.69, 9.17) is 11.4 Å². The molecule has 0 bridgehead atoms. The Morgan fingerprint density at radius 2 is 1.55 bits per heavy atom. The largest absolute Gasteiger partial charge is 0.293 e. The summed E-state index contributed by atoms with van der Waals surface area (Å²) in [5.74, 6) is 3.72. The Morgan fingerprint density at radius 3 is 2.21 bits per heavy atom. The molecule has 0 saturated carbocycles. The van der Waals surface area contributed by atoms with E-state index in [1.165, 1.54) is 5.56 Å². The van der Waals surface area contributed by atoms with Gasteiger partial charge >= 0.3 is 0 Å². The number of benzene rings is 1. The molecule has 158 valence electrons. The molecule has 4 nitrogen and oxygen atoms in total. The Bertz CT molecular complexity index is 1460. The first-order valence-corrected chi connectivity index (χ1v) is 10.8. The fraction of sp³-hybridized carbons (Fsp3) is 0.0690. The zero-order chi connectivity index (χ0) is 22.8. The highest BCUT2D eigenvalue weighted by Gasteiger charge is 2.18. The standard InChI is InChI=1S/C29H22N4/c1-4-6-27-24(5-2)25-17-20(3)7-8-28(25)33(27)29-19-23(21-9-13-30-14-10-21)18-26(32-29)22-11-15-31-16-12-22/h2,4,6-19H,1,3H3/b6-4-. The van der Waals surface area contributed by atoms with Gasteiger partial charge in [-0.1, -0.05) is 23.6 Å². The molecule has 5 rings (SSSR count). The lowest BCUT2D eigenvalue weighted by atomic mass is 10.0. The fourth-order valence-electron chi connectivity index (χ4n) is 4.15. The molecule has 0 aliphatic carbocycles. The number of aromatic nitrogens is 4. The van der Waals surface area contributed by atoms with Crippen molar-refractivity contribution in [2.45, 2.75) is 13.8 Å². The van der Waals surface area contributed by atoms with E-state index in [1.54, 1.807) is 24.8 Å². The average molecular weight is 427 g/mol. The molecule has 0 atom stereocenters. The zero-order valence-corrected chi connectivity index (χ0v) is 18.5. The smallest absolute Gasteiger partial charge is 0.138 e. The predicted molar refractivity (Wildman–Crippen MR) is 135 cm³/mol. The Morgan fingerprint density at radius 1 is 0.848 bits per heavy atom. The van der Waals surface area contributed by atoms with Gasteiger partial charge in [0.1, 0.15) is 5.82 Å². The van der Waals surface area contributed by atoms with E-state index < -0.39 is 0 Å². The highest BCUT2D eigenvalue weighted by atomic mass is 15.1. The van der Waals surface area contributed by atoms with Gasteiger partial charge in [0, 0.05) is 35.7 Å². The second-order valence-corrected chi connectivity index (χ2v) is 7.83. The van der Waals surface area contributed by atoms with Crippen LogP contribution in [-0.2, 0) is 0 Å². The van der Waals surface area contributed by atoms with Crippen molar-refractivity contribution in [2.24, 2.45) is 0 Å². The molecular formula is C29H22N4. The highest BCUT2D eigenvalue weighted by Crippen LogP contribution is 2.33. The van der Waals surface area contributed by atoms with Crippen LogP contribution in [0.1, 0.15) is 23.7 Å². The Labute approximate surface area is 193 Å². The van der Waals surface area contributed by atoms with Gasteiger partial charge in [-0.15, -0.1) is 6.42 Å². The quantitative estimate of drug-likeness (QED) is 0.309. The number of allylic oxidation sites excluding steroid dienone is 1. The fourth-order valence-corrected chi connectivity index (χ4v) is 4.15. The summed E-state index contributed by atoms with van der Waals surface area (Å²) in [6.45, 7) is 4.08. The Balaban J connectivity index is 1.87. The number of terminal acetylenes is 1. The van der Waals surface area contributed by atoms with Crippen LogP contribution in [0.2, 0.25) is 0 Å². The molecule has 0 aliphatic rings. The van der Waals surface area contributed by atoms with Crippen molar-refractivity contribution in [3.8, 4) is 40.5 Å². The van der Waals surface area contributed by atoms with Crippen molar-refractivity contribution in [3.63, 3.8) is 0 Å². The van der Waals surface area contributed by atoms with Crippen molar-refractivity contribution in [1.29, 1.82) is 0 Å². The second-order valence-electron chi connectivity index (χ2n) is 7.83. The van der Waals surface area contributed by atoms with Gasteiger partial charge in [0.05, 0.1) is 22.5 Å². The molecule has 0 spiro atoms. The SMILES string of the molecule is C#Cc1c(/C=C\C)n(-c2cc(-c3ccncc3)cc(-c3ccncc3)n2)c2ccc(C)cc12. The van der Waals surface area contributed by atoms with Gasteiger partial charge in [-0.2, -0.15) is 0 Å². The molecule has 1 aromatic carbocycles. The lowest BCUT2D eigenvalue weighted by molar-refractivity contribution is 1.03. The van der Waals surface area contributed by atoms with Crippen molar-refractivity contribution < 1.29 is 0 Å². The number of nitrogens with zero attached hydrogens (tertiary/aromatic N) is 4. The number of fused-ring (bicyclic) bond motifs is 1. The second kappa shape index (κ2) is 8.57. The minimum absolute atomic E-state index is 0.805. The lowest BCUT2D eigenvalue weighted by Gasteiger charge is -2.13. The van der Waals surface area contributed by atoms with Gasteiger partial charge in [0.15, 0.2) is 0 Å². The molecule has 0 aliphatic heterocycles. The van der Waals surface area contributed by atoms with E-state index in [0.29, 0.717) is 0 Å². The minimum Gasteiger partial charge on any atom is -0.293 e. The summed E-state index contributed by atoms with van der Waals surface area (Å²) in [6, 6.07) is 18.5. The summed E-state index contributed by atoms with van der Waals surface area (Å²) in [5.41, 5.74) is 8.00. The van der Waals surface area contributed by atoms with E-state index >= 15 is 0 Å². The van der Waals surface area contributed by atoms with Crippen molar-refractivity contribution in [2.75, 3.05) is 0 Å². The molecule has 0 radical (unpaired) electrons. The van der Waals surface area contributed by atoms with Gasteiger partial charge in [-0.05, 0) is 79.6 Å². The van der Waals surface area contributed by atoms with Crippen LogP contribution in [0, 0.1) is 19.3 Å². The number of pyridine rings is 3. The number of aryl methyl sites for hydroxylation is 1. The van der Waals surface area contributed by atoms with Gasteiger partial charge < -0.3 is 0 Å². The molecule has 4 heterocycles. The van der Waals surface area contributed by atoms with Crippen LogP contribution in [0.5, 0.6) is 0 Å². The first-order chi connectivity index (χ1) is 16.2. The average Bonchev–Trinajstić information content (AvgIpc) is 3.17. The van der Waals surface area contributed by atoms with Crippen molar-refractivity contribution in [1.82, 2.24) is 19.5 Å². The van der Waals surface area contributed by atoms with Gasteiger partial charge in [-0.3, -0.25) is 14.5 Å². The first kappa shape index (κ1) is 20.4. The van der Waals surface area contributed by atoms with Crippen LogP contribution in [0.3, 0.4) is 0 Å². The van der Waals surface area contributed by atoms with Crippen LogP contribution in [0.4, 0.5) is 0 Å². The van der Waals surface area contributed by atoms with E-state index in [-0.39, 0.29) is 0 Å².